The van der Waals surface area contributed by atoms with Crippen molar-refractivity contribution in [1.29, 1.82) is 0 Å². The summed E-state index contributed by atoms with van der Waals surface area (Å²) in [6.07, 6.45) is 0.266. The Bertz CT molecular complexity index is 387. The maximum absolute atomic E-state index is 13.5. The minimum atomic E-state index is -0.368. The Hall–Kier alpha value is -0.490. The Morgan fingerprint density at radius 2 is 2.11 bits per heavy atom. The van der Waals surface area contributed by atoms with Crippen molar-refractivity contribution in [2.75, 3.05) is 6.54 Å². The number of aliphatic hydroxyl groups excluding tert-OH is 1. The molecular formula is C13H20BrFN2O. The molecule has 0 amide bonds. The van der Waals surface area contributed by atoms with Crippen LogP contribution < -0.4 is 11.1 Å². The van der Waals surface area contributed by atoms with Crippen LogP contribution in [0.3, 0.4) is 0 Å². The van der Waals surface area contributed by atoms with Crippen LogP contribution in [0.5, 0.6) is 0 Å². The molecule has 102 valence electrons. The summed E-state index contributed by atoms with van der Waals surface area (Å²) >= 11 is 3.12. The van der Waals surface area contributed by atoms with E-state index >= 15 is 0 Å². The van der Waals surface area contributed by atoms with Gasteiger partial charge in [-0.1, -0.05) is 6.07 Å². The van der Waals surface area contributed by atoms with Gasteiger partial charge in [0.05, 0.1) is 10.6 Å². The highest BCUT2D eigenvalue weighted by molar-refractivity contribution is 9.10. The normalized spacial score (nSPS) is 16.3. The molecule has 1 aromatic carbocycles. The summed E-state index contributed by atoms with van der Waals surface area (Å²) in [5, 5.41) is 12.6. The third-order valence-electron chi connectivity index (χ3n) is 2.76. The molecule has 4 N–H and O–H groups in total. The zero-order valence-corrected chi connectivity index (χ0v) is 12.2. The van der Waals surface area contributed by atoms with Crippen molar-refractivity contribution >= 4 is 15.9 Å². The molecule has 3 nitrogen and oxygen atoms in total. The first-order valence-corrected chi connectivity index (χ1v) is 6.82. The van der Waals surface area contributed by atoms with E-state index < -0.39 is 0 Å². The number of rotatable bonds is 6. The average molecular weight is 319 g/mol. The number of nitrogens with one attached hydrogen (secondary N) is 1. The lowest BCUT2D eigenvalue weighted by Crippen LogP contribution is -2.36. The van der Waals surface area contributed by atoms with Crippen molar-refractivity contribution in [2.24, 2.45) is 5.73 Å². The van der Waals surface area contributed by atoms with Crippen LogP contribution in [0.2, 0.25) is 0 Å². The van der Waals surface area contributed by atoms with Gasteiger partial charge < -0.3 is 16.2 Å². The van der Waals surface area contributed by atoms with Crippen LogP contribution in [0.15, 0.2) is 22.7 Å². The quantitative estimate of drug-likeness (QED) is 0.754. The minimum absolute atomic E-state index is 0.110. The molecule has 1 rings (SSSR count). The molecule has 0 heterocycles. The Balaban J connectivity index is 2.73. The molecule has 0 aliphatic carbocycles. The van der Waals surface area contributed by atoms with Crippen molar-refractivity contribution in [3.63, 3.8) is 0 Å². The highest BCUT2D eigenvalue weighted by Gasteiger charge is 2.15. The lowest BCUT2D eigenvalue weighted by molar-refractivity contribution is 0.168. The molecule has 0 bridgehead atoms. The maximum Gasteiger partial charge on any atom is 0.137 e. The van der Waals surface area contributed by atoms with Crippen LogP contribution in [0.1, 0.15) is 31.9 Å². The van der Waals surface area contributed by atoms with Crippen molar-refractivity contribution < 1.29 is 9.50 Å². The lowest BCUT2D eigenvalue weighted by Gasteiger charge is -2.23. The zero-order valence-electron chi connectivity index (χ0n) is 10.7. The van der Waals surface area contributed by atoms with Gasteiger partial charge in [-0.2, -0.15) is 0 Å². The molecule has 0 aromatic heterocycles. The van der Waals surface area contributed by atoms with Gasteiger partial charge >= 0.3 is 0 Å². The minimum Gasteiger partial charge on any atom is -0.393 e. The Kier molecular flexibility index (Phi) is 6.21. The smallest absolute Gasteiger partial charge is 0.137 e. The van der Waals surface area contributed by atoms with Crippen molar-refractivity contribution in [3.05, 3.63) is 34.1 Å². The van der Waals surface area contributed by atoms with E-state index in [0.717, 1.165) is 5.56 Å². The molecule has 5 heteroatoms. The Labute approximate surface area is 116 Å². The number of hydrogen-bond acceptors (Lipinski definition) is 3. The molecule has 18 heavy (non-hydrogen) atoms. The number of nitrogens with two attached hydrogens (primary N) is 1. The van der Waals surface area contributed by atoms with Crippen LogP contribution in [-0.4, -0.2) is 23.8 Å². The number of halogens is 2. The molecule has 0 saturated heterocycles. The second-order valence-corrected chi connectivity index (χ2v) is 5.47. The topological polar surface area (TPSA) is 58.3 Å². The average Bonchev–Trinajstić information content (AvgIpc) is 2.29. The van der Waals surface area contributed by atoms with Crippen molar-refractivity contribution in [3.8, 4) is 0 Å². The highest BCUT2D eigenvalue weighted by Crippen LogP contribution is 2.21. The van der Waals surface area contributed by atoms with Crippen LogP contribution in [0.4, 0.5) is 4.39 Å². The first-order chi connectivity index (χ1) is 8.43. The Morgan fingerprint density at radius 1 is 1.44 bits per heavy atom. The van der Waals surface area contributed by atoms with E-state index in [0.29, 0.717) is 17.4 Å². The predicted octanol–water partition coefficient (Wildman–Crippen LogP) is 2.34. The fourth-order valence-corrected chi connectivity index (χ4v) is 2.20. The first-order valence-electron chi connectivity index (χ1n) is 6.03. The molecule has 0 saturated carbocycles. The zero-order chi connectivity index (χ0) is 13.7. The summed E-state index contributed by atoms with van der Waals surface area (Å²) in [5.74, 6) is -0.295. The maximum atomic E-state index is 13.5. The van der Waals surface area contributed by atoms with E-state index in [2.05, 4.69) is 21.2 Å². The van der Waals surface area contributed by atoms with Gasteiger partial charge in [0.25, 0.3) is 0 Å². The molecule has 3 unspecified atom stereocenters. The standard InChI is InChI=1S/C13H20BrFN2O/c1-8(5-9(2)18)17-13(7-16)10-3-4-11(14)12(15)6-10/h3-4,6,8-9,13,17-18H,5,7,16H2,1-2H3. The number of aliphatic hydroxyl groups is 1. The van der Waals surface area contributed by atoms with Crippen LogP contribution >= 0.6 is 15.9 Å². The van der Waals surface area contributed by atoms with Gasteiger partial charge in [0.2, 0.25) is 0 Å². The highest BCUT2D eigenvalue weighted by atomic mass is 79.9. The van der Waals surface area contributed by atoms with Crippen molar-refractivity contribution in [1.82, 2.24) is 5.32 Å². The van der Waals surface area contributed by atoms with E-state index in [4.69, 9.17) is 5.73 Å². The molecule has 0 fully saturated rings. The van der Waals surface area contributed by atoms with Gasteiger partial charge in [-0.3, -0.25) is 0 Å². The fourth-order valence-electron chi connectivity index (χ4n) is 1.95. The molecule has 0 spiro atoms. The van der Waals surface area contributed by atoms with E-state index in [1.807, 2.05) is 13.0 Å². The van der Waals surface area contributed by atoms with E-state index in [1.54, 1.807) is 13.0 Å². The number of hydrogen-bond donors (Lipinski definition) is 3. The summed E-state index contributed by atoms with van der Waals surface area (Å²) in [7, 11) is 0. The third kappa shape index (κ3) is 4.65. The van der Waals surface area contributed by atoms with Gasteiger partial charge in [-0.05, 0) is 53.9 Å². The summed E-state index contributed by atoms with van der Waals surface area (Å²) in [6, 6.07) is 5.00. The predicted molar refractivity (Wildman–Crippen MR) is 74.8 cm³/mol. The summed E-state index contributed by atoms with van der Waals surface area (Å²) in [4.78, 5) is 0. The lowest BCUT2D eigenvalue weighted by atomic mass is 10.0. The van der Waals surface area contributed by atoms with E-state index in [1.165, 1.54) is 6.07 Å². The molecule has 0 radical (unpaired) electrons. The van der Waals surface area contributed by atoms with Gasteiger partial charge in [0.15, 0.2) is 0 Å². The first kappa shape index (κ1) is 15.6. The molecule has 1 aromatic rings. The fraction of sp³-hybridized carbons (Fsp3) is 0.538. The van der Waals surface area contributed by atoms with Crippen LogP contribution in [0.25, 0.3) is 0 Å². The van der Waals surface area contributed by atoms with Crippen LogP contribution in [0, 0.1) is 5.82 Å². The summed E-state index contributed by atoms with van der Waals surface area (Å²) in [6.45, 7) is 4.10. The van der Waals surface area contributed by atoms with Gasteiger partial charge in [-0.25, -0.2) is 4.39 Å². The SMILES string of the molecule is CC(O)CC(C)NC(CN)c1ccc(Br)c(F)c1. The monoisotopic (exact) mass is 318 g/mol. The third-order valence-corrected chi connectivity index (χ3v) is 3.41. The summed E-state index contributed by atoms with van der Waals surface area (Å²) in [5.41, 5.74) is 6.53. The van der Waals surface area contributed by atoms with Gasteiger partial charge in [0.1, 0.15) is 5.82 Å². The van der Waals surface area contributed by atoms with Gasteiger partial charge in [-0.15, -0.1) is 0 Å². The van der Waals surface area contributed by atoms with Crippen molar-refractivity contribution in [2.45, 2.75) is 38.5 Å². The Morgan fingerprint density at radius 3 is 2.61 bits per heavy atom. The molecule has 0 aliphatic heterocycles. The molecular weight excluding hydrogens is 299 g/mol. The molecule has 3 atom stereocenters. The van der Waals surface area contributed by atoms with E-state index in [9.17, 15) is 9.50 Å². The van der Waals surface area contributed by atoms with Gasteiger partial charge in [0, 0.05) is 18.6 Å². The second-order valence-electron chi connectivity index (χ2n) is 4.61. The number of benzene rings is 1. The second kappa shape index (κ2) is 7.19. The van der Waals surface area contributed by atoms with Crippen LogP contribution in [-0.2, 0) is 0 Å². The molecule has 0 aliphatic rings. The largest absolute Gasteiger partial charge is 0.393 e. The summed E-state index contributed by atoms with van der Waals surface area (Å²) < 4.78 is 13.9. The van der Waals surface area contributed by atoms with E-state index in [-0.39, 0.29) is 24.0 Å².